The van der Waals surface area contributed by atoms with Gasteiger partial charge in [-0.3, -0.25) is 0 Å². The van der Waals surface area contributed by atoms with E-state index in [1.54, 1.807) is 45.3 Å². The molecule has 4 rings (SSSR count). The quantitative estimate of drug-likeness (QED) is 0.509. The van der Waals surface area contributed by atoms with Gasteiger partial charge in [-0.2, -0.15) is 0 Å². The maximum absolute atomic E-state index is 9.87. The molecule has 0 aromatic carbocycles. The summed E-state index contributed by atoms with van der Waals surface area (Å²) in [5.41, 5.74) is 1.98. The van der Waals surface area contributed by atoms with Crippen LogP contribution in [0.15, 0.2) is 35.0 Å². The first-order chi connectivity index (χ1) is 10.8. The molecule has 22 heavy (non-hydrogen) atoms. The molecule has 0 radical (unpaired) electrons. The van der Waals surface area contributed by atoms with Crippen molar-refractivity contribution in [2.24, 2.45) is 0 Å². The van der Waals surface area contributed by atoms with Gasteiger partial charge in [-0.1, -0.05) is 12.1 Å². The van der Waals surface area contributed by atoms with Gasteiger partial charge >= 0.3 is 0 Å². The SMILES string of the molecule is OCc1c(-c2cccs2)sc2c(CO)c(-c3cccs3)sc12. The Morgan fingerprint density at radius 2 is 1.18 bits per heavy atom. The Morgan fingerprint density at radius 3 is 1.50 bits per heavy atom. The zero-order valence-electron chi connectivity index (χ0n) is 11.4. The van der Waals surface area contributed by atoms with E-state index in [0.29, 0.717) is 0 Å². The highest BCUT2D eigenvalue weighted by Crippen LogP contribution is 2.49. The van der Waals surface area contributed by atoms with Crippen LogP contribution in [0.2, 0.25) is 0 Å². The summed E-state index contributed by atoms with van der Waals surface area (Å²) in [5.74, 6) is 0. The minimum absolute atomic E-state index is 0.0303. The summed E-state index contributed by atoms with van der Waals surface area (Å²) < 4.78 is 2.23. The van der Waals surface area contributed by atoms with E-state index in [0.717, 1.165) is 30.3 Å². The van der Waals surface area contributed by atoms with Crippen LogP contribution in [0.1, 0.15) is 11.1 Å². The standard InChI is InChI=1S/C16H12O2S4/c17-7-9-13(11-3-1-5-19-11)21-16-10(8-18)14(22-15(9)16)12-4-2-6-20-12/h1-6,17-18H,7-8H2. The van der Waals surface area contributed by atoms with E-state index in [4.69, 9.17) is 0 Å². The van der Waals surface area contributed by atoms with Crippen LogP contribution < -0.4 is 0 Å². The molecule has 0 saturated carbocycles. The molecule has 6 heteroatoms. The Kier molecular flexibility index (Phi) is 3.89. The second-order valence-corrected chi connectivity index (χ2v) is 8.69. The Balaban J connectivity index is 1.99. The molecule has 4 aromatic heterocycles. The first-order valence-electron chi connectivity index (χ1n) is 6.70. The van der Waals surface area contributed by atoms with Crippen molar-refractivity contribution in [2.75, 3.05) is 0 Å². The van der Waals surface area contributed by atoms with E-state index in [1.165, 1.54) is 9.75 Å². The maximum Gasteiger partial charge on any atom is 0.0710 e. The topological polar surface area (TPSA) is 40.5 Å². The fourth-order valence-electron chi connectivity index (χ4n) is 2.52. The van der Waals surface area contributed by atoms with E-state index in [1.807, 2.05) is 22.9 Å². The number of aliphatic hydroxyl groups is 2. The van der Waals surface area contributed by atoms with Gasteiger partial charge in [0.1, 0.15) is 0 Å². The Morgan fingerprint density at radius 1 is 0.727 bits per heavy atom. The Bertz CT molecular complexity index is 822. The minimum atomic E-state index is 0.0303. The molecule has 4 heterocycles. The fourth-order valence-corrected chi connectivity index (χ4v) is 7.16. The van der Waals surface area contributed by atoms with Gasteiger partial charge in [-0.05, 0) is 22.9 Å². The summed E-state index contributed by atoms with van der Waals surface area (Å²) in [7, 11) is 0. The largest absolute Gasteiger partial charge is 0.392 e. The van der Waals surface area contributed by atoms with Crippen molar-refractivity contribution in [3.05, 3.63) is 46.2 Å². The van der Waals surface area contributed by atoms with Crippen LogP contribution >= 0.6 is 45.3 Å². The number of thiophene rings is 4. The molecular weight excluding hydrogens is 352 g/mol. The smallest absolute Gasteiger partial charge is 0.0710 e. The average Bonchev–Trinajstić information content (AvgIpc) is 3.28. The van der Waals surface area contributed by atoms with Crippen LogP contribution in [0.5, 0.6) is 0 Å². The first kappa shape index (κ1) is 14.6. The number of hydrogen-bond donors (Lipinski definition) is 2. The van der Waals surface area contributed by atoms with E-state index in [-0.39, 0.29) is 13.2 Å². The molecular formula is C16H12O2S4. The summed E-state index contributed by atoms with van der Waals surface area (Å²) in [5, 5.41) is 23.8. The first-order valence-corrected chi connectivity index (χ1v) is 10.1. The van der Waals surface area contributed by atoms with Crippen LogP contribution in [0.3, 0.4) is 0 Å². The van der Waals surface area contributed by atoms with Crippen LogP contribution in [0.4, 0.5) is 0 Å². The van der Waals surface area contributed by atoms with Gasteiger partial charge < -0.3 is 10.2 Å². The van der Waals surface area contributed by atoms with E-state index in [9.17, 15) is 10.2 Å². The number of rotatable bonds is 4. The lowest BCUT2D eigenvalue weighted by molar-refractivity contribution is 0.283. The summed E-state index contributed by atoms with van der Waals surface area (Å²) in [6, 6.07) is 8.22. The molecule has 0 aliphatic heterocycles. The lowest BCUT2D eigenvalue weighted by Gasteiger charge is -1.99. The molecule has 2 N–H and O–H groups in total. The van der Waals surface area contributed by atoms with Gasteiger partial charge in [0, 0.05) is 20.9 Å². The third-order valence-electron chi connectivity index (χ3n) is 3.52. The van der Waals surface area contributed by atoms with Crippen LogP contribution in [0.25, 0.3) is 28.9 Å². The van der Waals surface area contributed by atoms with Gasteiger partial charge in [-0.25, -0.2) is 0 Å². The van der Waals surface area contributed by atoms with Gasteiger partial charge in [0.25, 0.3) is 0 Å². The number of fused-ring (bicyclic) bond motifs is 1. The van der Waals surface area contributed by atoms with Crippen molar-refractivity contribution in [1.29, 1.82) is 0 Å². The van der Waals surface area contributed by atoms with Crippen LogP contribution in [0, 0.1) is 0 Å². The molecule has 0 atom stereocenters. The fraction of sp³-hybridized carbons (Fsp3) is 0.125. The van der Waals surface area contributed by atoms with Gasteiger partial charge in [-0.15, -0.1) is 45.3 Å². The summed E-state index contributed by atoms with van der Waals surface area (Å²) in [4.78, 5) is 4.62. The van der Waals surface area contributed by atoms with Crippen molar-refractivity contribution in [3.63, 3.8) is 0 Å². The van der Waals surface area contributed by atoms with E-state index >= 15 is 0 Å². The molecule has 2 nitrogen and oxygen atoms in total. The molecule has 0 spiro atoms. The highest BCUT2D eigenvalue weighted by Gasteiger charge is 2.22. The molecule has 0 aliphatic carbocycles. The van der Waals surface area contributed by atoms with Gasteiger partial charge in [0.05, 0.1) is 32.4 Å². The van der Waals surface area contributed by atoms with Crippen molar-refractivity contribution in [2.45, 2.75) is 13.2 Å². The second kappa shape index (κ2) is 5.88. The maximum atomic E-state index is 9.87. The highest BCUT2D eigenvalue weighted by atomic mass is 32.1. The number of hydrogen-bond acceptors (Lipinski definition) is 6. The minimum Gasteiger partial charge on any atom is -0.392 e. The lowest BCUT2D eigenvalue weighted by atomic mass is 10.2. The Hall–Kier alpha value is -1.02. The van der Waals surface area contributed by atoms with E-state index < -0.39 is 0 Å². The summed E-state index contributed by atoms with van der Waals surface area (Å²) in [6.07, 6.45) is 0. The molecule has 0 saturated heterocycles. The van der Waals surface area contributed by atoms with Crippen molar-refractivity contribution in [3.8, 4) is 19.5 Å². The van der Waals surface area contributed by atoms with Crippen molar-refractivity contribution in [1.82, 2.24) is 0 Å². The van der Waals surface area contributed by atoms with Gasteiger partial charge in [0.2, 0.25) is 0 Å². The highest BCUT2D eigenvalue weighted by molar-refractivity contribution is 7.33. The van der Waals surface area contributed by atoms with Crippen molar-refractivity contribution < 1.29 is 10.2 Å². The third-order valence-corrected chi connectivity index (χ3v) is 8.33. The normalized spacial score (nSPS) is 11.5. The zero-order valence-corrected chi connectivity index (χ0v) is 14.7. The Labute approximate surface area is 143 Å². The molecule has 0 bridgehead atoms. The monoisotopic (exact) mass is 364 g/mol. The molecule has 112 valence electrons. The zero-order chi connectivity index (χ0) is 15.1. The molecule has 0 aliphatic rings. The van der Waals surface area contributed by atoms with Crippen LogP contribution in [-0.2, 0) is 13.2 Å². The summed E-state index contributed by atoms with van der Waals surface area (Å²) >= 11 is 6.73. The second-order valence-electron chi connectivity index (χ2n) is 4.75. The van der Waals surface area contributed by atoms with Crippen LogP contribution in [-0.4, -0.2) is 10.2 Å². The van der Waals surface area contributed by atoms with Gasteiger partial charge in [0.15, 0.2) is 0 Å². The van der Waals surface area contributed by atoms with Crippen molar-refractivity contribution >= 4 is 54.7 Å². The predicted octanol–water partition coefficient (Wildman–Crippen LogP) is 5.40. The molecule has 4 aromatic rings. The predicted molar refractivity (Wildman–Crippen MR) is 98.2 cm³/mol. The molecule has 0 amide bonds. The lowest BCUT2D eigenvalue weighted by Crippen LogP contribution is -1.80. The summed E-state index contributed by atoms with van der Waals surface area (Å²) in [6.45, 7) is 0.0605. The van der Waals surface area contributed by atoms with E-state index in [2.05, 4.69) is 12.1 Å². The average molecular weight is 365 g/mol. The third kappa shape index (κ3) is 2.19. The number of aliphatic hydroxyl groups excluding tert-OH is 2. The molecule has 0 fully saturated rings. The molecule has 0 unspecified atom stereocenters.